The first kappa shape index (κ1) is 16.5. The van der Waals surface area contributed by atoms with Crippen LogP contribution < -0.4 is 0 Å². The van der Waals surface area contributed by atoms with Crippen molar-refractivity contribution < 1.29 is 0 Å². The highest BCUT2D eigenvalue weighted by Crippen LogP contribution is 2.41. The second-order valence-corrected chi connectivity index (χ2v) is 7.85. The lowest BCUT2D eigenvalue weighted by Crippen LogP contribution is -1.95. The summed E-state index contributed by atoms with van der Waals surface area (Å²) in [7, 11) is 2.07. The Balaban J connectivity index is 2.04. The molecule has 2 nitrogen and oxygen atoms in total. The van der Waals surface area contributed by atoms with Crippen LogP contribution >= 0.6 is 12.2 Å². The number of pyridine rings is 2. The smallest absolute Gasteiger partial charge is 0.116 e. The van der Waals surface area contributed by atoms with Gasteiger partial charge < -0.3 is 8.97 Å². The van der Waals surface area contributed by atoms with Crippen LogP contribution in [0, 0.1) is 4.64 Å². The van der Waals surface area contributed by atoms with Crippen molar-refractivity contribution in [2.24, 2.45) is 7.05 Å². The number of aromatic nitrogens is 2. The molecule has 6 rings (SSSR count). The zero-order chi connectivity index (χ0) is 19.5. The monoisotopic (exact) mass is 390 g/mol. The molecule has 6 aromatic rings. The van der Waals surface area contributed by atoms with Crippen LogP contribution in [0.15, 0.2) is 91.0 Å². The highest BCUT2D eigenvalue weighted by atomic mass is 32.1. The van der Waals surface area contributed by atoms with Crippen molar-refractivity contribution in [3.63, 3.8) is 0 Å². The fourth-order valence-corrected chi connectivity index (χ4v) is 4.91. The first-order valence-corrected chi connectivity index (χ1v) is 10.2. The summed E-state index contributed by atoms with van der Waals surface area (Å²) in [5.41, 5.74) is 5.91. The van der Waals surface area contributed by atoms with Crippen molar-refractivity contribution in [3.8, 4) is 11.3 Å². The fraction of sp³-hybridized carbons (Fsp3) is 0.0385. The zero-order valence-electron chi connectivity index (χ0n) is 16.0. The summed E-state index contributed by atoms with van der Waals surface area (Å²) in [6.45, 7) is 0. The normalized spacial score (nSPS) is 11.8. The maximum absolute atomic E-state index is 5.99. The van der Waals surface area contributed by atoms with E-state index < -0.39 is 0 Å². The molecule has 0 radical (unpaired) electrons. The van der Waals surface area contributed by atoms with Crippen LogP contribution in [0.4, 0.5) is 0 Å². The van der Waals surface area contributed by atoms with Crippen molar-refractivity contribution in [2.45, 2.75) is 0 Å². The van der Waals surface area contributed by atoms with Gasteiger partial charge in [0.1, 0.15) is 4.64 Å². The number of benzene rings is 3. The van der Waals surface area contributed by atoms with Crippen LogP contribution in [-0.4, -0.2) is 8.97 Å². The second-order valence-electron chi connectivity index (χ2n) is 7.46. The Hall–Kier alpha value is -3.43. The topological polar surface area (TPSA) is 9.34 Å². The molecule has 0 saturated heterocycles. The molecule has 0 N–H and O–H groups in total. The maximum Gasteiger partial charge on any atom is 0.116 e. The van der Waals surface area contributed by atoms with E-state index in [-0.39, 0.29) is 0 Å². The zero-order valence-corrected chi connectivity index (χ0v) is 16.8. The minimum Gasteiger partial charge on any atom is -0.335 e. The molecule has 0 saturated carbocycles. The van der Waals surface area contributed by atoms with Crippen molar-refractivity contribution in [1.29, 1.82) is 0 Å². The quantitative estimate of drug-likeness (QED) is 0.271. The summed E-state index contributed by atoms with van der Waals surface area (Å²) in [5.74, 6) is 0. The Labute approximate surface area is 173 Å². The lowest BCUT2D eigenvalue weighted by atomic mass is 10.0. The Morgan fingerprint density at radius 1 is 0.621 bits per heavy atom. The number of nitrogens with zero attached hydrogens (tertiary/aromatic N) is 2. The summed E-state index contributed by atoms with van der Waals surface area (Å²) < 4.78 is 5.39. The van der Waals surface area contributed by atoms with Gasteiger partial charge in [-0.15, -0.1) is 0 Å². The molecule has 0 unspecified atom stereocenters. The van der Waals surface area contributed by atoms with Crippen LogP contribution in [0.3, 0.4) is 0 Å². The molecule has 138 valence electrons. The molecular formula is C26H18N2S. The number of hydrogen-bond acceptors (Lipinski definition) is 1. The molecule has 3 aromatic heterocycles. The van der Waals surface area contributed by atoms with Crippen LogP contribution in [0.1, 0.15) is 0 Å². The van der Waals surface area contributed by atoms with E-state index in [1.165, 1.54) is 32.9 Å². The molecule has 0 aliphatic heterocycles. The third-order valence-corrected chi connectivity index (χ3v) is 6.38. The minimum atomic E-state index is 0.869. The number of hydrogen-bond donors (Lipinski definition) is 0. The molecule has 0 fully saturated rings. The Kier molecular flexibility index (Phi) is 3.44. The molecule has 0 aliphatic rings. The lowest BCUT2D eigenvalue weighted by molar-refractivity contribution is 0.947. The summed E-state index contributed by atoms with van der Waals surface area (Å²) in [6, 6.07) is 32.2. The van der Waals surface area contributed by atoms with Gasteiger partial charge in [-0.3, -0.25) is 0 Å². The first-order chi connectivity index (χ1) is 14.3. The number of rotatable bonds is 1. The molecule has 0 amide bonds. The van der Waals surface area contributed by atoms with Gasteiger partial charge in [-0.05, 0) is 29.1 Å². The Bertz CT molecular complexity index is 1620. The largest absolute Gasteiger partial charge is 0.335 e. The van der Waals surface area contributed by atoms with E-state index in [2.05, 4.69) is 107 Å². The Morgan fingerprint density at radius 2 is 1.31 bits per heavy atom. The molecule has 0 aliphatic carbocycles. The predicted octanol–water partition coefficient (Wildman–Crippen LogP) is 7.13. The highest BCUT2D eigenvalue weighted by Gasteiger charge is 2.20. The van der Waals surface area contributed by atoms with Crippen LogP contribution in [-0.2, 0) is 7.05 Å². The van der Waals surface area contributed by atoms with E-state index >= 15 is 0 Å². The second kappa shape index (κ2) is 6.03. The highest BCUT2D eigenvalue weighted by molar-refractivity contribution is 7.71. The molecule has 0 atom stereocenters. The minimum absolute atomic E-state index is 0.869. The molecule has 3 heterocycles. The van der Waals surface area contributed by atoms with Crippen molar-refractivity contribution in [2.75, 3.05) is 0 Å². The van der Waals surface area contributed by atoms with Gasteiger partial charge in [0, 0.05) is 28.7 Å². The predicted molar refractivity (Wildman–Crippen MR) is 125 cm³/mol. The average Bonchev–Trinajstić information content (AvgIpc) is 3.14. The van der Waals surface area contributed by atoms with E-state index in [9.17, 15) is 0 Å². The van der Waals surface area contributed by atoms with E-state index in [1.807, 2.05) is 0 Å². The summed E-state index contributed by atoms with van der Waals surface area (Å²) in [4.78, 5) is 0. The number of aryl methyl sites for hydroxylation is 1. The average molecular weight is 391 g/mol. The molecule has 29 heavy (non-hydrogen) atoms. The summed E-state index contributed by atoms with van der Waals surface area (Å²) in [6.07, 6.45) is 0. The van der Waals surface area contributed by atoms with Gasteiger partial charge in [-0.25, -0.2) is 0 Å². The summed E-state index contributed by atoms with van der Waals surface area (Å²) >= 11 is 5.99. The van der Waals surface area contributed by atoms with Gasteiger partial charge in [0.25, 0.3) is 0 Å². The Morgan fingerprint density at radius 3 is 2.14 bits per heavy atom. The van der Waals surface area contributed by atoms with Crippen molar-refractivity contribution in [1.82, 2.24) is 8.97 Å². The first-order valence-electron chi connectivity index (χ1n) is 9.75. The van der Waals surface area contributed by atoms with Crippen LogP contribution in [0.5, 0.6) is 0 Å². The lowest BCUT2D eigenvalue weighted by Gasteiger charge is -2.10. The fourth-order valence-electron chi connectivity index (χ4n) is 4.60. The third kappa shape index (κ3) is 2.19. The molecular weight excluding hydrogens is 372 g/mol. The van der Waals surface area contributed by atoms with Crippen molar-refractivity contribution >= 4 is 50.3 Å². The van der Waals surface area contributed by atoms with Gasteiger partial charge in [-0.1, -0.05) is 85.0 Å². The van der Waals surface area contributed by atoms with E-state index in [0.29, 0.717) is 0 Å². The van der Waals surface area contributed by atoms with Gasteiger partial charge in [0.2, 0.25) is 0 Å². The van der Waals surface area contributed by atoms with E-state index in [0.717, 1.165) is 21.1 Å². The van der Waals surface area contributed by atoms with Gasteiger partial charge >= 0.3 is 0 Å². The van der Waals surface area contributed by atoms with Gasteiger partial charge in [-0.2, -0.15) is 0 Å². The standard InChI is InChI=1S/C26H18N2S/c1-27-21-14-8-6-12-19(21)23-24(26(27)29)22-16-15-17-9-5-7-13-20(17)28(22)25(23)18-10-3-2-4-11-18/h2-16H,1H3. The molecule has 0 spiro atoms. The van der Waals surface area contributed by atoms with E-state index in [1.54, 1.807) is 0 Å². The molecule has 3 heteroatoms. The number of para-hydroxylation sites is 2. The SMILES string of the molecule is Cn1c(=S)c2c(c(-c3ccccc3)n3c4ccccc4ccc23)c2ccccc21. The van der Waals surface area contributed by atoms with Crippen LogP contribution in [0.25, 0.3) is 49.4 Å². The van der Waals surface area contributed by atoms with Crippen molar-refractivity contribution in [3.05, 3.63) is 95.6 Å². The van der Waals surface area contributed by atoms with Gasteiger partial charge in [0.15, 0.2) is 0 Å². The maximum atomic E-state index is 5.99. The van der Waals surface area contributed by atoms with Gasteiger partial charge in [0.05, 0.1) is 16.7 Å². The van der Waals surface area contributed by atoms with E-state index in [4.69, 9.17) is 12.2 Å². The third-order valence-electron chi connectivity index (χ3n) is 5.91. The number of fused-ring (bicyclic) bond motifs is 7. The molecule has 3 aromatic carbocycles. The molecule has 0 bridgehead atoms. The summed E-state index contributed by atoms with van der Waals surface area (Å²) in [5, 5.41) is 4.82. The van der Waals surface area contributed by atoms with Crippen LogP contribution in [0.2, 0.25) is 0 Å².